The van der Waals surface area contributed by atoms with Gasteiger partial charge in [0.25, 0.3) is 5.91 Å². The van der Waals surface area contributed by atoms with Gasteiger partial charge >= 0.3 is 0 Å². The molecule has 35 heavy (non-hydrogen) atoms. The molecule has 1 saturated carbocycles. The first-order chi connectivity index (χ1) is 17.0. The molecule has 2 aromatic carbocycles. The van der Waals surface area contributed by atoms with Crippen molar-refractivity contribution in [3.8, 4) is 0 Å². The number of nitrogens with two attached hydrogens (primary N) is 2. The largest absolute Gasteiger partial charge is 0.370 e. The second kappa shape index (κ2) is 12.0. The van der Waals surface area contributed by atoms with Crippen LogP contribution in [0.3, 0.4) is 0 Å². The van der Waals surface area contributed by atoms with Gasteiger partial charge in [0.1, 0.15) is 0 Å². The first-order valence-electron chi connectivity index (χ1n) is 12.9. The Bertz CT molecular complexity index is 1040. The van der Waals surface area contributed by atoms with Crippen molar-refractivity contribution in [1.29, 1.82) is 0 Å². The Labute approximate surface area is 207 Å². The highest BCUT2D eigenvalue weighted by atomic mass is 16.2. The second-order valence-electron chi connectivity index (χ2n) is 9.75. The monoisotopic (exact) mass is 478 g/mol. The third-order valence-electron chi connectivity index (χ3n) is 7.22. The lowest BCUT2D eigenvalue weighted by atomic mass is 9.93. The van der Waals surface area contributed by atoms with Crippen LogP contribution in [0.2, 0.25) is 0 Å². The molecule has 0 aromatic heterocycles. The summed E-state index contributed by atoms with van der Waals surface area (Å²) in [5.41, 5.74) is 11.5. The van der Waals surface area contributed by atoms with Gasteiger partial charge in [0.2, 0.25) is 5.91 Å². The number of hydrogen-bond donors (Lipinski definition) is 4. The smallest absolute Gasteiger partial charge is 0.251 e. The van der Waals surface area contributed by atoms with Crippen LogP contribution < -0.4 is 22.1 Å². The number of fused-ring (bicyclic) bond motifs is 1. The van der Waals surface area contributed by atoms with E-state index in [1.54, 1.807) is 0 Å². The maximum Gasteiger partial charge on any atom is 0.251 e. The molecular formula is C27H38N6O2. The van der Waals surface area contributed by atoms with Crippen molar-refractivity contribution in [2.45, 2.75) is 69.5 Å². The number of aliphatic imine (C=N–C) groups is 1. The van der Waals surface area contributed by atoms with Crippen molar-refractivity contribution in [2.24, 2.45) is 16.5 Å². The Morgan fingerprint density at radius 3 is 2.60 bits per heavy atom. The quantitative estimate of drug-likeness (QED) is 0.264. The van der Waals surface area contributed by atoms with Crippen LogP contribution in [0.25, 0.3) is 10.8 Å². The number of nitrogens with zero attached hydrogens (tertiary/aromatic N) is 2. The number of carbonyl (C=O) groups excluding carboxylic acids is 2. The highest BCUT2D eigenvalue weighted by Gasteiger charge is 2.34. The van der Waals surface area contributed by atoms with E-state index < -0.39 is 0 Å². The van der Waals surface area contributed by atoms with Gasteiger partial charge in [-0.25, -0.2) is 0 Å². The normalized spacial score (nSPS) is 21.5. The lowest BCUT2D eigenvalue weighted by Crippen LogP contribution is -2.50. The summed E-state index contributed by atoms with van der Waals surface area (Å²) in [6.45, 7) is 1.69. The molecule has 0 spiro atoms. The summed E-state index contributed by atoms with van der Waals surface area (Å²) in [7, 11) is 0. The fraction of sp³-hybridized carbons (Fsp3) is 0.519. The molecule has 8 heteroatoms. The van der Waals surface area contributed by atoms with Crippen molar-refractivity contribution in [3.05, 3.63) is 48.0 Å². The fourth-order valence-electron chi connectivity index (χ4n) is 5.32. The van der Waals surface area contributed by atoms with Gasteiger partial charge in [0, 0.05) is 37.3 Å². The molecule has 1 aliphatic carbocycles. The summed E-state index contributed by atoms with van der Waals surface area (Å²) in [4.78, 5) is 32.6. The van der Waals surface area contributed by atoms with Gasteiger partial charge in [-0.1, -0.05) is 49.6 Å². The van der Waals surface area contributed by atoms with Crippen molar-refractivity contribution in [1.82, 2.24) is 15.5 Å². The summed E-state index contributed by atoms with van der Waals surface area (Å²) in [5.74, 6) is 0.148. The van der Waals surface area contributed by atoms with Crippen LogP contribution in [0.1, 0.15) is 61.7 Å². The molecule has 2 aliphatic rings. The van der Waals surface area contributed by atoms with E-state index in [1.165, 1.54) is 19.3 Å². The van der Waals surface area contributed by atoms with Gasteiger partial charge < -0.3 is 27.0 Å². The molecule has 2 atom stereocenters. The van der Waals surface area contributed by atoms with E-state index in [4.69, 9.17) is 11.5 Å². The Hall–Kier alpha value is -3.13. The number of guanidine groups is 1. The molecular weight excluding hydrogens is 440 g/mol. The van der Waals surface area contributed by atoms with E-state index in [2.05, 4.69) is 20.5 Å². The number of hydrogen-bond acceptors (Lipinski definition) is 4. The Kier molecular flexibility index (Phi) is 8.58. The lowest BCUT2D eigenvalue weighted by Gasteiger charge is -2.35. The van der Waals surface area contributed by atoms with Gasteiger partial charge in [0.15, 0.2) is 5.96 Å². The van der Waals surface area contributed by atoms with Gasteiger partial charge in [-0.05, 0) is 55.0 Å². The zero-order chi connectivity index (χ0) is 24.6. The zero-order valence-electron chi connectivity index (χ0n) is 20.4. The summed E-state index contributed by atoms with van der Waals surface area (Å²) in [6, 6.07) is 13.8. The SMILES string of the molecule is NC(N)=NCCCC1NC(CNC(=O)c2ccc3ccccc3c2)CCN(C2CCCCC2)C1=O. The Morgan fingerprint density at radius 1 is 1.06 bits per heavy atom. The molecule has 1 aliphatic heterocycles. The van der Waals surface area contributed by atoms with Crippen LogP contribution in [-0.4, -0.2) is 60.4 Å². The molecule has 2 fully saturated rings. The van der Waals surface area contributed by atoms with Crippen molar-refractivity contribution >= 4 is 28.5 Å². The molecule has 188 valence electrons. The molecule has 8 nitrogen and oxygen atoms in total. The molecule has 2 unspecified atom stereocenters. The van der Waals surface area contributed by atoms with Crippen LogP contribution in [0, 0.1) is 0 Å². The van der Waals surface area contributed by atoms with Gasteiger partial charge in [0.05, 0.1) is 6.04 Å². The van der Waals surface area contributed by atoms with Crippen LogP contribution in [0.5, 0.6) is 0 Å². The standard InChI is InChI=1S/C27H38N6O2/c28-27(29)30-15-6-11-24-26(35)33(23-9-2-1-3-10-23)16-14-22(32-24)18-31-25(34)21-13-12-19-7-4-5-8-20(19)17-21/h4-5,7-8,12-13,17,22-24,32H,1-3,6,9-11,14-16,18H2,(H,31,34)(H4,28,29,30). The van der Waals surface area contributed by atoms with E-state index in [0.717, 1.165) is 43.0 Å². The first-order valence-corrected chi connectivity index (χ1v) is 12.9. The van der Waals surface area contributed by atoms with Crippen molar-refractivity contribution < 1.29 is 9.59 Å². The molecule has 0 bridgehead atoms. The van der Waals surface area contributed by atoms with Crippen LogP contribution in [0.4, 0.5) is 0 Å². The number of amides is 2. The van der Waals surface area contributed by atoms with Crippen LogP contribution in [-0.2, 0) is 4.79 Å². The number of rotatable bonds is 8. The number of benzene rings is 2. The fourth-order valence-corrected chi connectivity index (χ4v) is 5.32. The third kappa shape index (κ3) is 6.72. The van der Waals surface area contributed by atoms with E-state index in [1.807, 2.05) is 42.5 Å². The highest BCUT2D eigenvalue weighted by molar-refractivity contribution is 5.98. The van der Waals surface area contributed by atoms with Crippen LogP contribution in [0.15, 0.2) is 47.5 Å². The minimum absolute atomic E-state index is 0.0185. The average molecular weight is 479 g/mol. The summed E-state index contributed by atoms with van der Waals surface area (Å²) >= 11 is 0. The maximum absolute atomic E-state index is 13.5. The van der Waals surface area contributed by atoms with Gasteiger partial charge in [-0.15, -0.1) is 0 Å². The number of carbonyl (C=O) groups is 2. The maximum atomic E-state index is 13.5. The zero-order valence-corrected chi connectivity index (χ0v) is 20.4. The van der Waals surface area contributed by atoms with Crippen LogP contribution >= 0.6 is 0 Å². The van der Waals surface area contributed by atoms with Crippen molar-refractivity contribution in [2.75, 3.05) is 19.6 Å². The van der Waals surface area contributed by atoms with E-state index in [9.17, 15) is 9.59 Å². The topological polar surface area (TPSA) is 126 Å². The highest BCUT2D eigenvalue weighted by Crippen LogP contribution is 2.25. The molecule has 4 rings (SSSR count). The first kappa shape index (κ1) is 25.0. The molecule has 6 N–H and O–H groups in total. The van der Waals surface area contributed by atoms with E-state index >= 15 is 0 Å². The predicted octanol–water partition coefficient (Wildman–Crippen LogP) is 2.52. The minimum Gasteiger partial charge on any atom is -0.370 e. The molecule has 1 saturated heterocycles. The van der Waals surface area contributed by atoms with E-state index in [0.29, 0.717) is 31.1 Å². The summed E-state index contributed by atoms with van der Waals surface area (Å²) in [6.07, 6.45) is 7.97. The molecule has 2 amide bonds. The molecule has 1 heterocycles. The Morgan fingerprint density at radius 2 is 1.83 bits per heavy atom. The van der Waals surface area contributed by atoms with Gasteiger partial charge in [-0.3, -0.25) is 14.6 Å². The molecule has 0 radical (unpaired) electrons. The van der Waals surface area contributed by atoms with Crippen molar-refractivity contribution in [3.63, 3.8) is 0 Å². The van der Waals surface area contributed by atoms with Gasteiger partial charge in [-0.2, -0.15) is 0 Å². The Balaban J connectivity index is 1.40. The summed E-state index contributed by atoms with van der Waals surface area (Å²) in [5, 5.41) is 8.78. The second-order valence-corrected chi connectivity index (χ2v) is 9.75. The third-order valence-corrected chi connectivity index (χ3v) is 7.22. The summed E-state index contributed by atoms with van der Waals surface area (Å²) < 4.78 is 0. The predicted molar refractivity (Wildman–Crippen MR) is 140 cm³/mol. The van der Waals surface area contributed by atoms with E-state index in [-0.39, 0.29) is 29.9 Å². The number of nitrogens with one attached hydrogen (secondary N) is 2. The molecule has 2 aromatic rings. The lowest BCUT2D eigenvalue weighted by molar-refractivity contribution is -0.135. The average Bonchev–Trinajstić information content (AvgIpc) is 3.03. The minimum atomic E-state index is -0.295.